The van der Waals surface area contributed by atoms with Crippen molar-refractivity contribution in [3.8, 4) is 0 Å². The van der Waals surface area contributed by atoms with Crippen LogP contribution < -0.4 is 0 Å². The number of aryl methyl sites for hydroxylation is 4. The molecule has 0 atom stereocenters. The van der Waals surface area contributed by atoms with Crippen LogP contribution >= 0.6 is 0 Å². The van der Waals surface area contributed by atoms with Gasteiger partial charge in [-0.15, -0.1) is 4.79 Å². The van der Waals surface area contributed by atoms with Crippen LogP contribution in [0.4, 0.5) is 0 Å². The first-order valence-corrected chi connectivity index (χ1v) is 19.5. The van der Waals surface area contributed by atoms with Gasteiger partial charge in [-0.05, 0) is 126 Å². The van der Waals surface area contributed by atoms with E-state index < -0.39 is 0 Å². The van der Waals surface area contributed by atoms with Crippen molar-refractivity contribution in [2.24, 2.45) is 0 Å². The fraction of sp³-hybridized carbons (Fsp3) is 0.636. The molecular formula is C44H68N2Ni. The molecule has 264 valence electrons. The molecule has 0 aliphatic rings. The smallest absolute Gasteiger partial charge is 0.299 e. The summed E-state index contributed by atoms with van der Waals surface area (Å²) in [6, 6.07) is 10.2. The van der Waals surface area contributed by atoms with Gasteiger partial charge in [-0.1, -0.05) is 137 Å². The molecule has 0 amide bonds. The summed E-state index contributed by atoms with van der Waals surface area (Å²) in [5.41, 5.74) is 24.2. The maximum absolute atomic E-state index is 9.52. The van der Waals surface area contributed by atoms with E-state index in [0.29, 0.717) is 0 Å². The van der Waals surface area contributed by atoms with Crippen molar-refractivity contribution < 1.29 is 21.3 Å². The fourth-order valence-electron chi connectivity index (χ4n) is 7.17. The van der Waals surface area contributed by atoms with Crippen molar-refractivity contribution in [1.29, 1.82) is 0 Å². The summed E-state index contributed by atoms with van der Waals surface area (Å²) in [5.74, 6) is 2.84. The first kappa shape index (κ1) is 42.9. The molecule has 0 spiro atoms. The van der Waals surface area contributed by atoms with E-state index in [-0.39, 0.29) is 16.5 Å². The standard InChI is InChI=1S/C44H68N2.Ni/c1-8-15-19-26-38-33-41(34-39(27-20-16-9-2)43(38)28-21-17-10-3)44(35(25-18-11-4)29-30-46-45)40-31-36(22-12-5)42(24-14-7)37(32-40)23-13-6;/h29,31-34H,8-28H2,1-7H3;. The van der Waals surface area contributed by atoms with Crippen molar-refractivity contribution in [3.05, 3.63) is 86.0 Å². The number of allylic oxidation sites excluding steroid dienone is 2. The summed E-state index contributed by atoms with van der Waals surface area (Å²) in [5, 5.41) is 0. The second-order valence-corrected chi connectivity index (χ2v) is 13.5. The number of rotatable bonds is 24. The normalized spacial score (nSPS) is 11.5. The van der Waals surface area contributed by atoms with Gasteiger partial charge in [0.05, 0.1) is 6.08 Å². The van der Waals surface area contributed by atoms with E-state index in [9.17, 15) is 5.53 Å². The molecule has 2 nitrogen and oxygen atoms in total. The Labute approximate surface area is 300 Å². The average molecular weight is 684 g/mol. The van der Waals surface area contributed by atoms with Gasteiger partial charge in [0.25, 0.3) is 5.87 Å². The van der Waals surface area contributed by atoms with Crippen molar-refractivity contribution in [1.82, 2.24) is 0 Å². The third kappa shape index (κ3) is 14.1. The van der Waals surface area contributed by atoms with E-state index in [1.807, 2.05) is 6.08 Å². The summed E-state index contributed by atoms with van der Waals surface area (Å²) in [6.07, 6.45) is 26.9. The molecule has 2 aromatic rings. The van der Waals surface area contributed by atoms with Crippen molar-refractivity contribution in [3.63, 3.8) is 0 Å². The summed E-state index contributed by atoms with van der Waals surface area (Å²) < 4.78 is 0. The minimum absolute atomic E-state index is 0. The van der Waals surface area contributed by atoms with E-state index in [4.69, 9.17) is 0 Å². The molecule has 0 heterocycles. The van der Waals surface area contributed by atoms with Crippen LogP contribution in [-0.4, -0.2) is 10.7 Å². The zero-order chi connectivity index (χ0) is 33.6. The Morgan fingerprint density at radius 3 is 1.34 bits per heavy atom. The number of nitrogens with zero attached hydrogens (tertiary/aromatic N) is 2. The first-order chi connectivity index (χ1) is 22.5. The van der Waals surface area contributed by atoms with Gasteiger partial charge in [0.2, 0.25) is 0 Å². The molecule has 0 aromatic heterocycles. The van der Waals surface area contributed by atoms with Crippen molar-refractivity contribution in [2.75, 3.05) is 0 Å². The zero-order valence-electron chi connectivity index (χ0n) is 31.4. The van der Waals surface area contributed by atoms with E-state index in [2.05, 4.69) is 83.4 Å². The number of hydrogen-bond donors (Lipinski definition) is 0. The van der Waals surface area contributed by atoms with Gasteiger partial charge in [0.15, 0.2) is 0 Å². The maximum atomic E-state index is 9.52. The second-order valence-electron chi connectivity index (χ2n) is 13.5. The van der Waals surface area contributed by atoms with Gasteiger partial charge in [-0.3, -0.25) is 0 Å². The van der Waals surface area contributed by atoms with E-state index in [1.165, 1.54) is 104 Å². The molecule has 2 aromatic carbocycles. The Kier molecular flexibility index (Phi) is 23.5. The fourth-order valence-corrected chi connectivity index (χ4v) is 7.17. The monoisotopic (exact) mass is 682 g/mol. The average Bonchev–Trinajstić information content (AvgIpc) is 3.05. The van der Waals surface area contributed by atoms with Crippen LogP contribution in [0.3, 0.4) is 0 Å². The van der Waals surface area contributed by atoms with Crippen LogP contribution in [0.2, 0.25) is 0 Å². The summed E-state index contributed by atoms with van der Waals surface area (Å²) in [6.45, 7) is 16.2. The van der Waals surface area contributed by atoms with Crippen molar-refractivity contribution >= 4 is 11.4 Å². The SMILES string of the molecule is CCCCCc1cc(C(=C(C=C=[N+]=[N-])CCCC)c2cc(CCC)c(CCC)c(CCC)c2)cc(CCCCC)c1CCCCC.[Ni]. The molecular weight excluding hydrogens is 615 g/mol. The molecule has 0 bridgehead atoms. The van der Waals surface area contributed by atoms with Gasteiger partial charge >= 0.3 is 0 Å². The topological polar surface area (TPSA) is 36.4 Å². The minimum atomic E-state index is 0. The van der Waals surface area contributed by atoms with Gasteiger partial charge in [-0.25, -0.2) is 0 Å². The Balaban J connectivity index is 0.0000110. The molecule has 47 heavy (non-hydrogen) atoms. The number of benzene rings is 2. The largest absolute Gasteiger partial charge is 0.348 e. The first-order valence-electron chi connectivity index (χ1n) is 19.5. The second kappa shape index (κ2) is 25.8. The summed E-state index contributed by atoms with van der Waals surface area (Å²) in [4.78, 5) is 3.34. The number of unbranched alkanes of at least 4 members (excludes halogenated alkanes) is 7. The molecule has 0 saturated carbocycles. The van der Waals surface area contributed by atoms with Crippen molar-refractivity contribution in [2.45, 2.75) is 183 Å². The Hall–Kier alpha value is -2.17. The molecule has 0 aliphatic heterocycles. The van der Waals surface area contributed by atoms with Crippen LogP contribution in [0.1, 0.15) is 189 Å². The summed E-state index contributed by atoms with van der Waals surface area (Å²) >= 11 is 0. The molecule has 0 radical (unpaired) electrons. The van der Waals surface area contributed by atoms with Gasteiger partial charge in [0.1, 0.15) is 0 Å². The number of hydrogen-bond acceptors (Lipinski definition) is 0. The van der Waals surface area contributed by atoms with Crippen LogP contribution in [0, 0.1) is 0 Å². The molecule has 0 fully saturated rings. The molecule has 0 unspecified atom stereocenters. The third-order valence-electron chi connectivity index (χ3n) is 9.53. The molecule has 2 rings (SSSR count). The molecule has 0 N–H and O–H groups in total. The van der Waals surface area contributed by atoms with Crippen LogP contribution in [-0.2, 0) is 55.0 Å². The Morgan fingerprint density at radius 2 is 0.936 bits per heavy atom. The summed E-state index contributed by atoms with van der Waals surface area (Å²) in [7, 11) is 0. The predicted molar refractivity (Wildman–Crippen MR) is 203 cm³/mol. The van der Waals surface area contributed by atoms with Gasteiger partial charge in [0, 0.05) is 16.5 Å². The van der Waals surface area contributed by atoms with Crippen LogP contribution in [0.15, 0.2) is 35.9 Å². The van der Waals surface area contributed by atoms with Gasteiger partial charge < -0.3 is 5.53 Å². The van der Waals surface area contributed by atoms with E-state index in [1.54, 1.807) is 22.3 Å². The minimum Gasteiger partial charge on any atom is -0.348 e. The quantitative estimate of drug-likeness (QED) is 0.0264. The predicted octanol–water partition coefficient (Wildman–Crippen LogP) is 13.2. The molecule has 0 aliphatic carbocycles. The molecule has 3 heteroatoms. The van der Waals surface area contributed by atoms with Crippen LogP contribution in [0.25, 0.3) is 11.1 Å². The van der Waals surface area contributed by atoms with Crippen LogP contribution in [0.5, 0.6) is 0 Å². The van der Waals surface area contributed by atoms with Gasteiger partial charge in [-0.2, -0.15) is 0 Å². The third-order valence-corrected chi connectivity index (χ3v) is 9.53. The zero-order valence-corrected chi connectivity index (χ0v) is 32.4. The van der Waals surface area contributed by atoms with E-state index >= 15 is 0 Å². The van der Waals surface area contributed by atoms with E-state index in [0.717, 1.165) is 64.2 Å². The molecule has 0 saturated heterocycles. The Morgan fingerprint density at radius 1 is 0.532 bits per heavy atom. The Bertz CT molecular complexity index is 1230. The maximum Gasteiger partial charge on any atom is 0.299 e.